The van der Waals surface area contributed by atoms with E-state index in [9.17, 15) is 55.1 Å². The van der Waals surface area contributed by atoms with E-state index in [2.05, 4.69) is 20.8 Å². The van der Waals surface area contributed by atoms with Crippen LogP contribution in [0.4, 0.5) is 26.3 Å². The number of nitrogens with one attached hydrogen (secondary N) is 3. The highest BCUT2D eigenvalue weighted by Crippen LogP contribution is 2.36. The summed E-state index contributed by atoms with van der Waals surface area (Å²) in [5.41, 5.74) is 2.21. The van der Waals surface area contributed by atoms with Gasteiger partial charge in [-0.05, 0) is 67.2 Å². The summed E-state index contributed by atoms with van der Waals surface area (Å²) in [6.07, 6.45) is -4.17. The molecule has 0 bridgehead atoms. The number of benzene rings is 1. The van der Waals surface area contributed by atoms with E-state index in [0.29, 0.717) is 49.2 Å². The summed E-state index contributed by atoms with van der Waals surface area (Å²) in [7, 11) is 4.65. The van der Waals surface area contributed by atoms with Gasteiger partial charge in [-0.2, -0.15) is 18.3 Å². The van der Waals surface area contributed by atoms with Crippen molar-refractivity contribution in [3.63, 3.8) is 0 Å². The molecule has 6 atom stereocenters. The molecule has 5 rings (SSSR count). The number of rotatable bonds is 15. The summed E-state index contributed by atoms with van der Waals surface area (Å²) in [4.78, 5) is 90.0. The Morgan fingerprint density at radius 1 is 0.956 bits per heavy atom. The molecule has 14 nitrogen and oxygen atoms in total. The number of carbonyl (C=O) groups is 6. The number of hydrogen-bond acceptors (Lipinski definition) is 7. The maximum absolute atomic E-state index is 14.8. The van der Waals surface area contributed by atoms with Gasteiger partial charge in [-0.1, -0.05) is 57.2 Å². The van der Waals surface area contributed by atoms with Crippen molar-refractivity contribution in [2.24, 2.45) is 11.8 Å². The monoisotopic (exact) mass is 986 g/mol. The molecule has 2 aromatic rings. The van der Waals surface area contributed by atoms with E-state index in [-0.39, 0.29) is 37.0 Å². The molecule has 1 aromatic heterocycles. The van der Waals surface area contributed by atoms with Gasteiger partial charge in [0.1, 0.15) is 36.4 Å². The van der Waals surface area contributed by atoms with E-state index < -0.39 is 117 Å². The first-order valence-corrected chi connectivity index (χ1v) is 23.9. The first-order chi connectivity index (χ1) is 32.0. The molecule has 6 amide bonds. The van der Waals surface area contributed by atoms with Crippen LogP contribution in [0.3, 0.4) is 0 Å². The van der Waals surface area contributed by atoms with E-state index in [1.54, 1.807) is 36.5 Å². The minimum Gasteiger partial charge on any atom is -0.344 e. The highest BCUT2D eigenvalue weighted by atomic mass is 35.5. The number of aromatic amines is 1. The van der Waals surface area contributed by atoms with Crippen molar-refractivity contribution in [1.82, 2.24) is 40.4 Å². The number of likely N-dealkylation sites (N-methyl/N-ethyl adjacent to an activating group) is 3. The maximum Gasteiger partial charge on any atom is 0.389 e. The van der Waals surface area contributed by atoms with Crippen molar-refractivity contribution in [1.29, 1.82) is 0 Å². The third kappa shape index (κ3) is 15.1. The van der Waals surface area contributed by atoms with Crippen molar-refractivity contribution in [2.75, 3.05) is 34.2 Å². The van der Waals surface area contributed by atoms with Crippen LogP contribution in [0.5, 0.6) is 0 Å². The van der Waals surface area contributed by atoms with Crippen LogP contribution in [0.1, 0.15) is 109 Å². The second kappa shape index (κ2) is 23.6. The molecule has 1 saturated carbocycles. The van der Waals surface area contributed by atoms with E-state index in [4.69, 9.17) is 11.6 Å². The van der Waals surface area contributed by atoms with Crippen molar-refractivity contribution < 1.29 is 55.1 Å². The predicted octanol–water partition coefficient (Wildman–Crippen LogP) is 6.86. The second-order valence-corrected chi connectivity index (χ2v) is 19.6. The summed E-state index contributed by atoms with van der Waals surface area (Å²) >= 11 is 6.48. The van der Waals surface area contributed by atoms with Crippen LogP contribution in [-0.4, -0.2) is 148 Å². The van der Waals surface area contributed by atoms with Gasteiger partial charge < -0.3 is 30.2 Å². The van der Waals surface area contributed by atoms with Gasteiger partial charge in [-0.15, -0.1) is 0 Å². The molecule has 2 saturated heterocycles. The number of aromatic nitrogens is 2. The molecular weight excluding hydrogens is 922 g/mol. The summed E-state index contributed by atoms with van der Waals surface area (Å²) in [5, 5.41) is 12.9. The lowest BCUT2D eigenvalue weighted by Gasteiger charge is -2.36. The Morgan fingerprint density at radius 3 is 2.29 bits per heavy atom. The maximum atomic E-state index is 14.8. The van der Waals surface area contributed by atoms with Gasteiger partial charge in [0.25, 0.3) is 0 Å². The molecule has 1 aromatic carbocycles. The van der Waals surface area contributed by atoms with Crippen molar-refractivity contribution >= 4 is 47.0 Å². The Kier molecular flexibility index (Phi) is 18.8. The Hall–Kier alpha value is -4.88. The first-order valence-electron chi connectivity index (χ1n) is 23.5. The van der Waals surface area contributed by atoms with Gasteiger partial charge in [0, 0.05) is 83.0 Å². The van der Waals surface area contributed by atoms with E-state index in [0.717, 1.165) is 28.9 Å². The minimum absolute atomic E-state index is 0.0863. The molecule has 2 aliphatic heterocycles. The second-order valence-electron chi connectivity index (χ2n) is 19.1. The SMILES string of the molecule is CC(C)C[C@@H]1NC(=O)[C@@H](N(C)C(=O)[C@@H](NC(=O)[C@@H]2C[C@@H](F)CN2C(=O)CCC(F)(F)CCC(F)(F)F)C2CC2)CCCCCCCN(C)C(=O)[C@H](Cc2cc(Cl)ccc2-c2cn[nH]c2)N(C)C1=O. The smallest absolute Gasteiger partial charge is 0.344 e. The normalized spacial score (nSPS) is 23.5. The lowest BCUT2D eigenvalue weighted by Crippen LogP contribution is -2.60. The third-order valence-corrected chi connectivity index (χ3v) is 13.4. The molecule has 0 spiro atoms. The predicted molar refractivity (Wildman–Crippen MR) is 242 cm³/mol. The van der Waals surface area contributed by atoms with Gasteiger partial charge in [0.15, 0.2) is 0 Å². The number of amides is 6. The third-order valence-electron chi connectivity index (χ3n) is 13.2. The fourth-order valence-electron chi connectivity index (χ4n) is 9.08. The van der Waals surface area contributed by atoms with Gasteiger partial charge in [-0.25, -0.2) is 13.2 Å². The van der Waals surface area contributed by atoms with Crippen LogP contribution in [0.15, 0.2) is 30.6 Å². The van der Waals surface area contributed by atoms with E-state index in [1.807, 2.05) is 19.9 Å². The quantitative estimate of drug-likeness (QED) is 0.164. The molecule has 1 aliphatic carbocycles. The van der Waals surface area contributed by atoms with E-state index in [1.165, 1.54) is 23.9 Å². The van der Waals surface area contributed by atoms with Crippen molar-refractivity contribution in [3.8, 4) is 11.1 Å². The van der Waals surface area contributed by atoms with Gasteiger partial charge in [-0.3, -0.25) is 33.9 Å². The average molecular weight is 988 g/mol. The summed E-state index contributed by atoms with van der Waals surface area (Å²) in [6.45, 7) is 3.60. The van der Waals surface area contributed by atoms with Crippen LogP contribution in [0, 0.1) is 11.8 Å². The van der Waals surface area contributed by atoms with Crippen molar-refractivity contribution in [3.05, 3.63) is 41.2 Å². The summed E-state index contributed by atoms with van der Waals surface area (Å²) in [6, 6.07) is -0.637. The standard InChI is InChI=1S/C47H65ClF6N8O6/c1-28(2)21-35-43(66)61(5)38(23-30-22-32(48)14-15-34(30)31-25-55-56-26-31)44(67)59(3)20-10-8-6-7-9-11-36(41(64)57-35)60(4)45(68)40(29-12-13-29)58-42(65)37-24-33(49)27-62(37)39(63)16-17-46(50,51)18-19-47(52,53)54/h14-15,22,25-26,28-29,33,35-38,40H,6-13,16-21,23-24,27H2,1-5H3,(H,55,56)(H,57,64)(H,58,65)/t33-,35+,36+,37+,38+,40+/m1/s1. The number of alkyl halides is 6. The molecule has 3 aliphatic rings. The molecule has 3 heterocycles. The number of H-pyrrole nitrogens is 1. The van der Waals surface area contributed by atoms with Crippen LogP contribution >= 0.6 is 11.6 Å². The zero-order valence-corrected chi connectivity index (χ0v) is 40.1. The van der Waals surface area contributed by atoms with Crippen molar-refractivity contribution in [2.45, 2.75) is 159 Å². The number of nitrogens with zero attached hydrogens (tertiary/aromatic N) is 5. The van der Waals surface area contributed by atoms with Crippen LogP contribution < -0.4 is 10.6 Å². The topological polar surface area (TPSA) is 168 Å². The molecule has 21 heteroatoms. The molecule has 3 fully saturated rings. The fraction of sp³-hybridized carbons (Fsp3) is 0.681. The van der Waals surface area contributed by atoms with Crippen LogP contribution in [0.25, 0.3) is 11.1 Å². The highest BCUT2D eigenvalue weighted by Gasteiger charge is 2.46. The zero-order chi connectivity index (χ0) is 50.1. The van der Waals surface area contributed by atoms with Gasteiger partial charge in [0.05, 0.1) is 12.7 Å². The Bertz CT molecular complexity index is 2070. The number of carbonyl (C=O) groups excluding carboxylic acids is 6. The zero-order valence-electron chi connectivity index (χ0n) is 39.4. The minimum atomic E-state index is -4.82. The summed E-state index contributed by atoms with van der Waals surface area (Å²) < 4.78 is 81.2. The highest BCUT2D eigenvalue weighted by molar-refractivity contribution is 6.30. The van der Waals surface area contributed by atoms with Crippen LogP contribution in [-0.2, 0) is 35.2 Å². The molecule has 378 valence electrons. The van der Waals surface area contributed by atoms with E-state index >= 15 is 0 Å². The lowest BCUT2D eigenvalue weighted by atomic mass is 9.94. The lowest BCUT2D eigenvalue weighted by molar-refractivity contribution is -0.154. The van der Waals surface area contributed by atoms with Gasteiger partial charge in [0.2, 0.25) is 41.4 Å². The fourth-order valence-corrected chi connectivity index (χ4v) is 9.27. The Balaban J connectivity index is 1.36. The van der Waals surface area contributed by atoms with Crippen LogP contribution in [0.2, 0.25) is 5.02 Å². The number of hydrogen-bond donors (Lipinski definition) is 3. The Labute approximate surface area is 398 Å². The largest absolute Gasteiger partial charge is 0.389 e. The van der Waals surface area contributed by atoms with Gasteiger partial charge >= 0.3 is 6.18 Å². The molecule has 68 heavy (non-hydrogen) atoms. The molecule has 3 N–H and O–H groups in total. The number of halogens is 7. The Morgan fingerprint density at radius 2 is 1.65 bits per heavy atom. The summed E-state index contributed by atoms with van der Waals surface area (Å²) in [5.74, 6) is -8.34. The first kappa shape index (κ1) is 54.1. The molecule has 0 radical (unpaired) electrons. The molecule has 0 unspecified atom stereocenters. The average Bonchev–Trinajstić information content (AvgIpc) is 3.81. The molecular formula is C47H65ClF6N8O6. The number of likely N-dealkylation sites (tertiary alicyclic amines) is 1.